The van der Waals surface area contributed by atoms with E-state index in [1.54, 1.807) is 16.9 Å². The highest BCUT2D eigenvalue weighted by Crippen LogP contribution is 2.11. The molecule has 1 aromatic heterocycles. The Morgan fingerprint density at radius 1 is 1.08 bits per heavy atom. The lowest BCUT2D eigenvalue weighted by Crippen LogP contribution is -2.20. The van der Waals surface area contributed by atoms with Crippen LogP contribution in [0.25, 0.3) is 0 Å². The van der Waals surface area contributed by atoms with Gasteiger partial charge in [0.05, 0.1) is 6.54 Å². The number of nitrogens with one attached hydrogen (secondary N) is 1. The zero-order chi connectivity index (χ0) is 16.8. The van der Waals surface area contributed by atoms with Crippen LogP contribution in [0.15, 0.2) is 66.9 Å². The van der Waals surface area contributed by atoms with E-state index in [-0.39, 0.29) is 18.3 Å². The Kier molecular flexibility index (Phi) is 4.86. The molecular formula is C18H16FN3O2. The average molecular weight is 325 g/mol. The van der Waals surface area contributed by atoms with Gasteiger partial charge in [0.1, 0.15) is 11.6 Å². The fourth-order valence-corrected chi connectivity index (χ4v) is 2.15. The van der Waals surface area contributed by atoms with Gasteiger partial charge >= 0.3 is 0 Å². The molecule has 1 amide bonds. The maximum absolute atomic E-state index is 12.8. The Morgan fingerprint density at radius 3 is 2.58 bits per heavy atom. The zero-order valence-electron chi connectivity index (χ0n) is 12.9. The molecule has 122 valence electrons. The van der Waals surface area contributed by atoms with E-state index in [0.29, 0.717) is 18.1 Å². The summed E-state index contributed by atoms with van der Waals surface area (Å²) in [5, 5.41) is 6.95. The molecule has 24 heavy (non-hydrogen) atoms. The number of hydrogen-bond donors (Lipinski definition) is 1. The summed E-state index contributed by atoms with van der Waals surface area (Å²) in [5.74, 6) is 0.208. The second kappa shape index (κ2) is 7.41. The maximum Gasteiger partial charge on any atom is 0.263 e. The smallest absolute Gasteiger partial charge is 0.263 e. The van der Waals surface area contributed by atoms with Crippen LogP contribution in [0.3, 0.4) is 0 Å². The van der Waals surface area contributed by atoms with Crippen molar-refractivity contribution >= 4 is 11.7 Å². The van der Waals surface area contributed by atoms with Crippen LogP contribution in [0.2, 0.25) is 0 Å². The number of nitrogens with zero attached hydrogens (tertiary/aromatic N) is 2. The molecule has 0 unspecified atom stereocenters. The molecule has 6 heteroatoms. The van der Waals surface area contributed by atoms with E-state index in [2.05, 4.69) is 10.4 Å². The standard InChI is InChI=1S/C18H16FN3O2/c19-15-6-8-16(9-7-15)24-13-18(23)20-17-10-11-22(21-17)12-14-4-2-1-3-5-14/h1-11H,12-13H2,(H,20,21,23). The van der Waals surface area contributed by atoms with Crippen LogP contribution in [-0.4, -0.2) is 22.3 Å². The summed E-state index contributed by atoms with van der Waals surface area (Å²) >= 11 is 0. The van der Waals surface area contributed by atoms with Crippen molar-refractivity contribution in [3.8, 4) is 5.75 Å². The summed E-state index contributed by atoms with van der Waals surface area (Å²) in [4.78, 5) is 11.9. The van der Waals surface area contributed by atoms with Gasteiger partial charge in [0.25, 0.3) is 5.91 Å². The van der Waals surface area contributed by atoms with Crippen molar-refractivity contribution in [1.29, 1.82) is 0 Å². The van der Waals surface area contributed by atoms with Crippen molar-refractivity contribution < 1.29 is 13.9 Å². The van der Waals surface area contributed by atoms with Gasteiger partial charge in [-0.2, -0.15) is 5.10 Å². The van der Waals surface area contributed by atoms with Gasteiger partial charge in [-0.3, -0.25) is 9.48 Å². The summed E-state index contributed by atoms with van der Waals surface area (Å²) in [5.41, 5.74) is 1.12. The minimum absolute atomic E-state index is 0.169. The molecule has 0 bridgehead atoms. The predicted octanol–water partition coefficient (Wildman–Crippen LogP) is 3.09. The summed E-state index contributed by atoms with van der Waals surface area (Å²) in [6.07, 6.45) is 1.80. The Bertz CT molecular complexity index is 801. The van der Waals surface area contributed by atoms with E-state index < -0.39 is 0 Å². The number of carbonyl (C=O) groups is 1. The molecular weight excluding hydrogens is 309 g/mol. The van der Waals surface area contributed by atoms with E-state index in [1.807, 2.05) is 30.3 Å². The number of benzene rings is 2. The van der Waals surface area contributed by atoms with Crippen molar-refractivity contribution in [3.05, 3.63) is 78.2 Å². The Balaban J connectivity index is 1.50. The van der Waals surface area contributed by atoms with Gasteiger partial charge in [-0.05, 0) is 29.8 Å². The summed E-state index contributed by atoms with van der Waals surface area (Å²) in [6.45, 7) is 0.458. The average Bonchev–Trinajstić information content (AvgIpc) is 3.02. The van der Waals surface area contributed by atoms with Gasteiger partial charge in [0, 0.05) is 12.3 Å². The minimum Gasteiger partial charge on any atom is -0.484 e. The van der Waals surface area contributed by atoms with Gasteiger partial charge in [0.15, 0.2) is 12.4 Å². The first-order valence-corrected chi connectivity index (χ1v) is 7.45. The quantitative estimate of drug-likeness (QED) is 0.758. The highest BCUT2D eigenvalue weighted by atomic mass is 19.1. The molecule has 0 saturated heterocycles. The monoisotopic (exact) mass is 325 g/mol. The molecule has 0 atom stereocenters. The number of amides is 1. The normalized spacial score (nSPS) is 10.4. The summed E-state index contributed by atoms with van der Waals surface area (Å²) in [7, 11) is 0. The molecule has 0 fully saturated rings. The van der Waals surface area contributed by atoms with Crippen molar-refractivity contribution in [2.75, 3.05) is 11.9 Å². The van der Waals surface area contributed by atoms with Crippen LogP contribution >= 0.6 is 0 Å². The third-order valence-electron chi connectivity index (χ3n) is 3.28. The number of hydrogen-bond acceptors (Lipinski definition) is 3. The minimum atomic E-state index is -0.351. The molecule has 0 saturated carbocycles. The van der Waals surface area contributed by atoms with E-state index >= 15 is 0 Å². The van der Waals surface area contributed by atoms with Gasteiger partial charge in [-0.1, -0.05) is 30.3 Å². The van der Waals surface area contributed by atoms with Crippen LogP contribution in [0.4, 0.5) is 10.2 Å². The summed E-state index contributed by atoms with van der Waals surface area (Å²) < 4.78 is 19.8. The number of carbonyl (C=O) groups excluding carboxylic acids is 1. The Morgan fingerprint density at radius 2 is 1.83 bits per heavy atom. The fourth-order valence-electron chi connectivity index (χ4n) is 2.15. The van der Waals surface area contributed by atoms with Gasteiger partial charge in [-0.25, -0.2) is 4.39 Å². The highest BCUT2D eigenvalue weighted by Gasteiger charge is 2.06. The first-order chi connectivity index (χ1) is 11.7. The van der Waals surface area contributed by atoms with Crippen molar-refractivity contribution in [2.24, 2.45) is 0 Å². The number of anilines is 1. The van der Waals surface area contributed by atoms with Gasteiger partial charge < -0.3 is 10.1 Å². The lowest BCUT2D eigenvalue weighted by Gasteiger charge is -2.06. The van der Waals surface area contributed by atoms with Crippen molar-refractivity contribution in [1.82, 2.24) is 9.78 Å². The molecule has 3 rings (SSSR count). The SMILES string of the molecule is O=C(COc1ccc(F)cc1)Nc1ccn(Cc2ccccc2)n1. The third kappa shape index (κ3) is 4.42. The van der Waals surface area contributed by atoms with Crippen molar-refractivity contribution in [2.45, 2.75) is 6.54 Å². The topological polar surface area (TPSA) is 56.1 Å². The van der Waals surface area contributed by atoms with E-state index in [9.17, 15) is 9.18 Å². The molecule has 1 N–H and O–H groups in total. The molecule has 0 radical (unpaired) electrons. The molecule has 2 aromatic carbocycles. The highest BCUT2D eigenvalue weighted by molar-refractivity contribution is 5.90. The molecule has 5 nitrogen and oxygen atoms in total. The largest absolute Gasteiger partial charge is 0.484 e. The Labute approximate surface area is 138 Å². The molecule has 0 aliphatic carbocycles. The molecule has 3 aromatic rings. The molecule has 0 spiro atoms. The third-order valence-corrected chi connectivity index (χ3v) is 3.28. The van der Waals surface area contributed by atoms with Crippen LogP contribution < -0.4 is 10.1 Å². The van der Waals surface area contributed by atoms with Crippen LogP contribution in [-0.2, 0) is 11.3 Å². The van der Waals surface area contributed by atoms with Gasteiger partial charge in [-0.15, -0.1) is 0 Å². The van der Waals surface area contributed by atoms with E-state index in [0.717, 1.165) is 5.56 Å². The fraction of sp³-hybridized carbons (Fsp3) is 0.111. The number of rotatable bonds is 6. The van der Waals surface area contributed by atoms with Crippen molar-refractivity contribution in [3.63, 3.8) is 0 Å². The number of aromatic nitrogens is 2. The summed E-state index contributed by atoms with van der Waals surface area (Å²) in [6, 6.07) is 17.1. The Hall–Kier alpha value is -3.15. The van der Waals surface area contributed by atoms with Gasteiger partial charge in [0.2, 0.25) is 0 Å². The lowest BCUT2D eigenvalue weighted by atomic mass is 10.2. The lowest BCUT2D eigenvalue weighted by molar-refractivity contribution is -0.118. The molecule has 1 heterocycles. The van der Waals surface area contributed by atoms with Crippen LogP contribution in [0.1, 0.15) is 5.56 Å². The second-order valence-electron chi connectivity index (χ2n) is 5.17. The first kappa shape index (κ1) is 15.7. The van der Waals surface area contributed by atoms with E-state index in [4.69, 9.17) is 4.74 Å². The van der Waals surface area contributed by atoms with Crippen LogP contribution in [0.5, 0.6) is 5.75 Å². The van der Waals surface area contributed by atoms with E-state index in [1.165, 1.54) is 24.3 Å². The number of ether oxygens (including phenoxy) is 1. The first-order valence-electron chi connectivity index (χ1n) is 7.45. The molecule has 0 aliphatic rings. The zero-order valence-corrected chi connectivity index (χ0v) is 12.9. The maximum atomic E-state index is 12.8. The van der Waals surface area contributed by atoms with Crippen LogP contribution in [0, 0.1) is 5.82 Å². The second-order valence-corrected chi connectivity index (χ2v) is 5.17. The molecule has 0 aliphatic heterocycles. The predicted molar refractivity (Wildman–Crippen MR) is 88.3 cm³/mol. The number of halogens is 1.